The van der Waals surface area contributed by atoms with Crippen molar-refractivity contribution in [2.45, 2.75) is 6.54 Å². The number of hydrogen-bond acceptors (Lipinski definition) is 3. The predicted octanol–water partition coefficient (Wildman–Crippen LogP) is 0.810. The van der Waals surface area contributed by atoms with Gasteiger partial charge < -0.3 is 10.1 Å². The maximum Gasteiger partial charge on any atom is 0.141 e. The van der Waals surface area contributed by atoms with Crippen molar-refractivity contribution in [2.24, 2.45) is 0 Å². The van der Waals surface area contributed by atoms with Gasteiger partial charge in [-0.05, 0) is 19.2 Å². The van der Waals surface area contributed by atoms with Gasteiger partial charge in [0, 0.05) is 12.7 Å². The van der Waals surface area contributed by atoms with Crippen LogP contribution in [0.2, 0.25) is 0 Å². The van der Waals surface area contributed by atoms with Crippen LogP contribution in [0.25, 0.3) is 0 Å². The van der Waals surface area contributed by atoms with Crippen molar-refractivity contribution in [1.29, 1.82) is 0 Å². The molecule has 0 amide bonds. The summed E-state index contributed by atoms with van der Waals surface area (Å²) in [6.45, 7) is 0.740. The molecule has 0 aliphatic rings. The van der Waals surface area contributed by atoms with Crippen LogP contribution in [0, 0.1) is 0 Å². The molecular formula is C8H12N2O. The molecule has 60 valence electrons. The molecule has 0 atom stereocenters. The smallest absolute Gasteiger partial charge is 0.141 e. The van der Waals surface area contributed by atoms with Gasteiger partial charge in [-0.2, -0.15) is 0 Å². The lowest BCUT2D eigenvalue weighted by atomic mass is 10.3. The fourth-order valence-electron chi connectivity index (χ4n) is 0.909. The number of nitrogens with one attached hydrogen (secondary N) is 1. The molecule has 1 aromatic heterocycles. The summed E-state index contributed by atoms with van der Waals surface area (Å²) in [5.41, 5.74) is 0.942. The second-order valence-corrected chi connectivity index (χ2v) is 2.18. The molecule has 0 aromatic carbocycles. The van der Waals surface area contributed by atoms with Crippen molar-refractivity contribution in [3.05, 3.63) is 24.0 Å². The highest BCUT2D eigenvalue weighted by Crippen LogP contribution is 2.13. The van der Waals surface area contributed by atoms with E-state index in [1.165, 1.54) is 0 Å². The molecular weight excluding hydrogens is 140 g/mol. The Bertz CT molecular complexity index is 225. The minimum Gasteiger partial charge on any atom is -0.495 e. The Morgan fingerprint density at radius 2 is 2.45 bits per heavy atom. The first-order chi connectivity index (χ1) is 5.38. The number of ether oxygens (including phenoxy) is 1. The number of aromatic nitrogens is 1. The van der Waals surface area contributed by atoms with Gasteiger partial charge in [0.1, 0.15) is 5.75 Å². The average Bonchev–Trinajstić information content (AvgIpc) is 2.06. The van der Waals surface area contributed by atoms with Crippen LogP contribution in [0.15, 0.2) is 18.3 Å². The van der Waals surface area contributed by atoms with E-state index < -0.39 is 0 Å². The first kappa shape index (κ1) is 8.01. The van der Waals surface area contributed by atoms with Crippen LogP contribution < -0.4 is 10.1 Å². The molecule has 0 radical (unpaired) electrons. The Morgan fingerprint density at radius 1 is 1.64 bits per heavy atom. The zero-order valence-electron chi connectivity index (χ0n) is 6.79. The second kappa shape index (κ2) is 3.93. The lowest BCUT2D eigenvalue weighted by Crippen LogP contribution is -2.08. The molecule has 1 N–H and O–H groups in total. The highest BCUT2D eigenvalue weighted by atomic mass is 16.5. The summed E-state index contributed by atoms with van der Waals surface area (Å²) in [5, 5.41) is 3.02. The molecule has 0 unspecified atom stereocenters. The number of methoxy groups -OCH3 is 1. The summed E-state index contributed by atoms with van der Waals surface area (Å²) in [7, 11) is 3.53. The van der Waals surface area contributed by atoms with Gasteiger partial charge in [-0.1, -0.05) is 0 Å². The monoisotopic (exact) mass is 152 g/mol. The van der Waals surface area contributed by atoms with Crippen LogP contribution in [0.4, 0.5) is 0 Å². The zero-order valence-corrected chi connectivity index (χ0v) is 6.79. The molecule has 3 heteroatoms. The summed E-state index contributed by atoms with van der Waals surface area (Å²) >= 11 is 0. The van der Waals surface area contributed by atoms with Gasteiger partial charge in [-0.3, -0.25) is 4.98 Å². The Kier molecular flexibility index (Phi) is 2.86. The van der Waals surface area contributed by atoms with Gasteiger partial charge in [0.15, 0.2) is 0 Å². The van der Waals surface area contributed by atoms with E-state index in [0.29, 0.717) is 0 Å². The van der Waals surface area contributed by atoms with Crippen molar-refractivity contribution in [2.75, 3.05) is 14.2 Å². The number of hydrogen-bond donors (Lipinski definition) is 1. The van der Waals surface area contributed by atoms with Crippen LogP contribution in [0.5, 0.6) is 5.75 Å². The maximum atomic E-state index is 5.10. The third-order valence-electron chi connectivity index (χ3n) is 1.41. The predicted molar refractivity (Wildman–Crippen MR) is 43.6 cm³/mol. The van der Waals surface area contributed by atoms with Crippen LogP contribution in [0.1, 0.15) is 5.69 Å². The van der Waals surface area contributed by atoms with E-state index in [9.17, 15) is 0 Å². The van der Waals surface area contributed by atoms with Gasteiger partial charge in [-0.15, -0.1) is 0 Å². The molecule has 0 saturated carbocycles. The largest absolute Gasteiger partial charge is 0.495 e. The van der Waals surface area contributed by atoms with E-state index in [2.05, 4.69) is 10.3 Å². The fraction of sp³-hybridized carbons (Fsp3) is 0.375. The van der Waals surface area contributed by atoms with E-state index in [1.54, 1.807) is 13.3 Å². The molecule has 0 aliphatic heterocycles. The molecule has 1 aromatic rings. The van der Waals surface area contributed by atoms with E-state index in [1.807, 2.05) is 19.2 Å². The van der Waals surface area contributed by atoms with E-state index >= 15 is 0 Å². The standard InChI is InChI=1S/C8H12N2O/c1-9-6-7-8(11-2)4-3-5-10-7/h3-5,9H,6H2,1-2H3. The van der Waals surface area contributed by atoms with Gasteiger partial charge in [-0.25, -0.2) is 0 Å². The van der Waals surface area contributed by atoms with E-state index in [4.69, 9.17) is 4.74 Å². The number of pyridine rings is 1. The van der Waals surface area contributed by atoms with Crippen molar-refractivity contribution >= 4 is 0 Å². The number of rotatable bonds is 3. The van der Waals surface area contributed by atoms with Crippen LogP contribution >= 0.6 is 0 Å². The molecule has 0 fully saturated rings. The van der Waals surface area contributed by atoms with Crippen LogP contribution in [-0.4, -0.2) is 19.1 Å². The molecule has 0 saturated heterocycles. The molecule has 0 aliphatic carbocycles. The molecule has 0 bridgehead atoms. The third-order valence-corrected chi connectivity index (χ3v) is 1.41. The topological polar surface area (TPSA) is 34.2 Å². The van der Waals surface area contributed by atoms with Gasteiger partial charge in [0.05, 0.1) is 12.8 Å². The van der Waals surface area contributed by atoms with Crippen molar-refractivity contribution in [3.8, 4) is 5.75 Å². The summed E-state index contributed by atoms with van der Waals surface area (Å²) in [4.78, 5) is 4.15. The van der Waals surface area contributed by atoms with Crippen LogP contribution in [0.3, 0.4) is 0 Å². The highest BCUT2D eigenvalue weighted by molar-refractivity contribution is 5.26. The molecule has 1 heterocycles. The average molecular weight is 152 g/mol. The van der Waals surface area contributed by atoms with Crippen molar-refractivity contribution < 1.29 is 4.74 Å². The first-order valence-corrected chi connectivity index (χ1v) is 3.51. The minimum atomic E-state index is 0.740. The lowest BCUT2D eigenvalue weighted by molar-refractivity contribution is 0.405. The Balaban J connectivity index is 2.83. The number of nitrogens with zero attached hydrogens (tertiary/aromatic N) is 1. The van der Waals surface area contributed by atoms with Gasteiger partial charge in [0.25, 0.3) is 0 Å². The summed E-state index contributed by atoms with van der Waals surface area (Å²) < 4.78 is 5.10. The van der Waals surface area contributed by atoms with Gasteiger partial charge in [0.2, 0.25) is 0 Å². The summed E-state index contributed by atoms with van der Waals surface area (Å²) in [6, 6.07) is 3.76. The van der Waals surface area contributed by atoms with E-state index in [-0.39, 0.29) is 0 Å². The molecule has 0 spiro atoms. The lowest BCUT2D eigenvalue weighted by Gasteiger charge is -2.04. The highest BCUT2D eigenvalue weighted by Gasteiger charge is 1.99. The SMILES string of the molecule is CNCc1ncccc1OC. The Labute approximate surface area is 66.4 Å². The molecule has 1 rings (SSSR count). The van der Waals surface area contributed by atoms with Crippen molar-refractivity contribution in [3.63, 3.8) is 0 Å². The maximum absolute atomic E-state index is 5.10. The quantitative estimate of drug-likeness (QED) is 0.696. The van der Waals surface area contributed by atoms with E-state index in [0.717, 1.165) is 18.0 Å². The minimum absolute atomic E-state index is 0.740. The molecule has 3 nitrogen and oxygen atoms in total. The molecule has 11 heavy (non-hydrogen) atoms. The van der Waals surface area contributed by atoms with Gasteiger partial charge >= 0.3 is 0 Å². The zero-order chi connectivity index (χ0) is 8.10. The Hall–Kier alpha value is -1.09. The van der Waals surface area contributed by atoms with Crippen molar-refractivity contribution in [1.82, 2.24) is 10.3 Å². The summed E-state index contributed by atoms with van der Waals surface area (Å²) in [6.07, 6.45) is 1.76. The first-order valence-electron chi connectivity index (χ1n) is 3.51. The Morgan fingerprint density at radius 3 is 3.09 bits per heavy atom. The van der Waals surface area contributed by atoms with Crippen LogP contribution in [-0.2, 0) is 6.54 Å². The summed E-state index contributed by atoms with van der Waals surface area (Å²) in [5.74, 6) is 0.835. The normalized spacial score (nSPS) is 9.64. The third kappa shape index (κ3) is 1.91. The fourth-order valence-corrected chi connectivity index (χ4v) is 0.909. The second-order valence-electron chi connectivity index (χ2n) is 2.18.